The summed E-state index contributed by atoms with van der Waals surface area (Å²) < 4.78 is 9.89. The smallest absolute Gasteiger partial charge is 0.302 e. The number of nitrogens with one attached hydrogen (secondary N) is 1. The maximum absolute atomic E-state index is 10.9. The van der Waals surface area contributed by atoms with E-state index < -0.39 is 0 Å². The molecule has 0 saturated heterocycles. The third-order valence-electron chi connectivity index (χ3n) is 2.49. The van der Waals surface area contributed by atoms with Gasteiger partial charge in [0.25, 0.3) is 0 Å². The zero-order chi connectivity index (χ0) is 15.0. The largest absolute Gasteiger partial charge is 0.461 e. The number of rotatable bonds is 6. The highest BCUT2D eigenvalue weighted by molar-refractivity contribution is 5.67. The Morgan fingerprint density at radius 3 is 1.95 bits per heavy atom. The molecule has 0 heterocycles. The highest BCUT2D eigenvalue weighted by atomic mass is 16.5. The van der Waals surface area contributed by atoms with Crippen LogP contribution in [-0.4, -0.2) is 32.2 Å². The Labute approximate surface area is 118 Å². The van der Waals surface area contributed by atoms with Crippen molar-refractivity contribution >= 4 is 23.7 Å². The van der Waals surface area contributed by atoms with Crippen LogP contribution in [0.5, 0.6) is 0 Å². The highest BCUT2D eigenvalue weighted by Crippen LogP contribution is 2.12. The molecular formula is C15H19NO4. The molecule has 1 aromatic rings. The Balaban J connectivity index is 2.79. The molecule has 0 aliphatic heterocycles. The monoisotopic (exact) mass is 277 g/mol. The number of hydrogen-bond donors (Lipinski definition) is 1. The van der Waals surface area contributed by atoms with E-state index in [0.29, 0.717) is 5.57 Å². The molecule has 1 N–H and O–H groups in total. The van der Waals surface area contributed by atoms with E-state index in [9.17, 15) is 9.59 Å². The lowest BCUT2D eigenvalue weighted by Crippen LogP contribution is -2.10. The van der Waals surface area contributed by atoms with Crippen molar-refractivity contribution in [1.82, 2.24) is 0 Å². The molecule has 5 nitrogen and oxygen atoms in total. The molecule has 0 amide bonds. The molecule has 0 unspecified atom stereocenters. The Morgan fingerprint density at radius 2 is 1.55 bits per heavy atom. The average Bonchev–Trinajstić information content (AvgIpc) is 2.42. The van der Waals surface area contributed by atoms with E-state index >= 15 is 0 Å². The summed E-state index contributed by atoms with van der Waals surface area (Å²) in [4.78, 5) is 21.7. The van der Waals surface area contributed by atoms with Crippen molar-refractivity contribution < 1.29 is 19.1 Å². The minimum absolute atomic E-state index is 0.108. The fraction of sp³-hybridized carbons (Fsp3) is 0.333. The molecule has 0 saturated carbocycles. The maximum atomic E-state index is 10.9. The van der Waals surface area contributed by atoms with Crippen LogP contribution >= 0.6 is 0 Å². The SMILES string of the molecule is CNc1ccc(C=C(COC(C)=O)COC(C)=O)cc1. The summed E-state index contributed by atoms with van der Waals surface area (Å²) in [5.41, 5.74) is 2.66. The molecule has 0 spiro atoms. The first kappa shape index (κ1) is 15.8. The topological polar surface area (TPSA) is 64.6 Å². The van der Waals surface area contributed by atoms with Gasteiger partial charge in [-0.2, -0.15) is 0 Å². The molecule has 0 atom stereocenters. The standard InChI is InChI=1S/C15H19NO4/c1-11(17)19-9-14(10-20-12(2)18)8-13-4-6-15(16-3)7-5-13/h4-8,16H,9-10H2,1-3H3. The maximum Gasteiger partial charge on any atom is 0.302 e. The third-order valence-corrected chi connectivity index (χ3v) is 2.49. The molecule has 0 radical (unpaired) electrons. The van der Waals surface area contributed by atoms with Crippen LogP contribution in [0, 0.1) is 0 Å². The summed E-state index contributed by atoms with van der Waals surface area (Å²) in [6, 6.07) is 7.71. The van der Waals surface area contributed by atoms with Gasteiger partial charge in [0.2, 0.25) is 0 Å². The molecule has 20 heavy (non-hydrogen) atoms. The van der Waals surface area contributed by atoms with Crippen LogP contribution in [0.25, 0.3) is 6.08 Å². The lowest BCUT2D eigenvalue weighted by atomic mass is 10.1. The first-order valence-electron chi connectivity index (χ1n) is 6.25. The Kier molecular flexibility index (Phi) is 6.29. The van der Waals surface area contributed by atoms with Crippen molar-refractivity contribution in [2.45, 2.75) is 13.8 Å². The van der Waals surface area contributed by atoms with Gasteiger partial charge < -0.3 is 14.8 Å². The molecule has 0 fully saturated rings. The molecule has 0 aliphatic carbocycles. The van der Waals surface area contributed by atoms with Gasteiger partial charge in [-0.3, -0.25) is 9.59 Å². The highest BCUT2D eigenvalue weighted by Gasteiger charge is 2.04. The van der Waals surface area contributed by atoms with Crippen molar-refractivity contribution in [3.63, 3.8) is 0 Å². The van der Waals surface area contributed by atoms with Crippen molar-refractivity contribution in [2.75, 3.05) is 25.6 Å². The second kappa shape index (κ2) is 7.99. The van der Waals surface area contributed by atoms with Crippen molar-refractivity contribution in [3.05, 3.63) is 35.4 Å². The summed E-state index contributed by atoms with van der Waals surface area (Å²) in [7, 11) is 1.84. The normalized spacial score (nSPS) is 9.55. The summed E-state index contributed by atoms with van der Waals surface area (Å²) >= 11 is 0. The molecule has 0 aromatic heterocycles. The van der Waals surface area contributed by atoms with Crippen LogP contribution in [0.15, 0.2) is 29.8 Å². The van der Waals surface area contributed by atoms with E-state index in [2.05, 4.69) is 5.32 Å². The number of anilines is 1. The van der Waals surface area contributed by atoms with E-state index in [-0.39, 0.29) is 25.2 Å². The fourth-order valence-electron chi connectivity index (χ4n) is 1.50. The van der Waals surface area contributed by atoms with Gasteiger partial charge in [0.1, 0.15) is 13.2 Å². The summed E-state index contributed by atoms with van der Waals surface area (Å²) in [5, 5.41) is 3.03. The lowest BCUT2D eigenvalue weighted by molar-refractivity contribution is -0.141. The van der Waals surface area contributed by atoms with Gasteiger partial charge in [0.15, 0.2) is 0 Å². The second-order valence-corrected chi connectivity index (χ2v) is 4.24. The van der Waals surface area contributed by atoms with Crippen LogP contribution in [0.1, 0.15) is 19.4 Å². The van der Waals surface area contributed by atoms with Gasteiger partial charge in [0, 0.05) is 32.2 Å². The molecule has 0 aliphatic rings. The quantitative estimate of drug-likeness (QED) is 0.808. The number of benzene rings is 1. The van der Waals surface area contributed by atoms with Gasteiger partial charge >= 0.3 is 11.9 Å². The Hall–Kier alpha value is -2.30. The lowest BCUT2D eigenvalue weighted by Gasteiger charge is -2.08. The van der Waals surface area contributed by atoms with Gasteiger partial charge in [-0.25, -0.2) is 0 Å². The van der Waals surface area contributed by atoms with Crippen LogP contribution in [0.3, 0.4) is 0 Å². The zero-order valence-electron chi connectivity index (χ0n) is 11.9. The first-order valence-corrected chi connectivity index (χ1v) is 6.25. The molecule has 1 rings (SSSR count). The third kappa shape index (κ3) is 6.04. The van der Waals surface area contributed by atoms with E-state index in [1.165, 1.54) is 13.8 Å². The average molecular weight is 277 g/mol. The van der Waals surface area contributed by atoms with Gasteiger partial charge in [-0.15, -0.1) is 0 Å². The summed E-state index contributed by atoms with van der Waals surface area (Å²) in [5.74, 6) is -0.742. The van der Waals surface area contributed by atoms with E-state index in [0.717, 1.165) is 11.3 Å². The zero-order valence-corrected chi connectivity index (χ0v) is 11.9. The minimum atomic E-state index is -0.371. The predicted molar refractivity (Wildman–Crippen MR) is 77.2 cm³/mol. The summed E-state index contributed by atoms with van der Waals surface area (Å²) in [6.45, 7) is 2.89. The van der Waals surface area contributed by atoms with Crippen LogP contribution < -0.4 is 5.32 Å². The van der Waals surface area contributed by atoms with Crippen molar-refractivity contribution in [1.29, 1.82) is 0 Å². The summed E-state index contributed by atoms with van der Waals surface area (Å²) in [6.07, 6.45) is 1.84. The van der Waals surface area contributed by atoms with Crippen LogP contribution in [0.2, 0.25) is 0 Å². The molecule has 1 aromatic carbocycles. The van der Waals surface area contributed by atoms with E-state index in [1.807, 2.05) is 37.4 Å². The second-order valence-electron chi connectivity index (χ2n) is 4.24. The van der Waals surface area contributed by atoms with Crippen molar-refractivity contribution in [2.24, 2.45) is 0 Å². The molecule has 0 bridgehead atoms. The van der Waals surface area contributed by atoms with Crippen LogP contribution in [0.4, 0.5) is 5.69 Å². The molecular weight excluding hydrogens is 258 g/mol. The Bertz CT molecular complexity index is 471. The van der Waals surface area contributed by atoms with Gasteiger partial charge in [0.05, 0.1) is 0 Å². The van der Waals surface area contributed by atoms with Crippen LogP contribution in [-0.2, 0) is 19.1 Å². The number of hydrogen-bond acceptors (Lipinski definition) is 5. The van der Waals surface area contributed by atoms with Gasteiger partial charge in [-0.1, -0.05) is 12.1 Å². The number of carbonyl (C=O) groups is 2. The fourth-order valence-corrected chi connectivity index (χ4v) is 1.50. The molecule has 108 valence electrons. The van der Waals surface area contributed by atoms with Crippen molar-refractivity contribution in [3.8, 4) is 0 Å². The number of carbonyl (C=O) groups excluding carboxylic acids is 2. The number of esters is 2. The predicted octanol–water partition coefficient (Wildman–Crippen LogP) is 2.24. The Morgan fingerprint density at radius 1 is 1.05 bits per heavy atom. The van der Waals surface area contributed by atoms with E-state index in [1.54, 1.807) is 0 Å². The van der Waals surface area contributed by atoms with Gasteiger partial charge in [-0.05, 0) is 23.8 Å². The number of ether oxygens (including phenoxy) is 2. The minimum Gasteiger partial charge on any atom is -0.461 e. The van der Waals surface area contributed by atoms with E-state index in [4.69, 9.17) is 9.47 Å². The molecule has 5 heteroatoms. The first-order chi connectivity index (χ1) is 9.51.